The Morgan fingerprint density at radius 3 is 2.48 bits per heavy atom. The van der Waals surface area contributed by atoms with E-state index in [2.05, 4.69) is 10.3 Å². The van der Waals surface area contributed by atoms with Gasteiger partial charge in [-0.3, -0.25) is 14.6 Å². The molecule has 1 heterocycles. The highest BCUT2D eigenvalue weighted by Gasteiger charge is 2.34. The molecule has 8 heteroatoms. The van der Waals surface area contributed by atoms with Gasteiger partial charge in [-0.25, -0.2) is 0 Å². The molecule has 1 atom stereocenters. The fourth-order valence-electron chi connectivity index (χ4n) is 1.96. The van der Waals surface area contributed by atoms with Crippen LogP contribution in [0.15, 0.2) is 12.3 Å². The summed E-state index contributed by atoms with van der Waals surface area (Å²) in [7, 11) is 1.38. The summed E-state index contributed by atoms with van der Waals surface area (Å²) in [4.78, 5) is 25.6. The second-order valence-electron chi connectivity index (χ2n) is 4.60. The van der Waals surface area contributed by atoms with Crippen molar-refractivity contribution in [2.75, 3.05) is 7.05 Å². The van der Waals surface area contributed by atoms with Crippen LogP contribution in [0.2, 0.25) is 0 Å². The van der Waals surface area contributed by atoms with Crippen molar-refractivity contribution >= 4 is 11.9 Å². The number of rotatable bonds is 5. The maximum Gasteiger partial charge on any atom is 0.433 e. The monoisotopic (exact) mass is 304 g/mol. The van der Waals surface area contributed by atoms with E-state index in [0.717, 1.165) is 12.3 Å². The van der Waals surface area contributed by atoms with E-state index in [9.17, 15) is 22.8 Å². The number of carbonyl (C=O) groups is 2. The van der Waals surface area contributed by atoms with Crippen LogP contribution in [0.5, 0.6) is 0 Å². The Labute approximate surface area is 119 Å². The largest absolute Gasteiger partial charge is 0.481 e. The summed E-state index contributed by atoms with van der Waals surface area (Å²) >= 11 is 0. The second-order valence-corrected chi connectivity index (χ2v) is 4.60. The van der Waals surface area contributed by atoms with Crippen molar-refractivity contribution in [3.8, 4) is 0 Å². The van der Waals surface area contributed by atoms with Gasteiger partial charge in [0.1, 0.15) is 5.69 Å². The Morgan fingerprint density at radius 1 is 1.38 bits per heavy atom. The Hall–Kier alpha value is -2.12. The third kappa shape index (κ3) is 4.73. The van der Waals surface area contributed by atoms with Gasteiger partial charge in [0.2, 0.25) is 5.91 Å². The number of aryl methyl sites for hydroxylation is 1. The number of carboxylic acid groups (broad SMARTS) is 1. The second kappa shape index (κ2) is 6.55. The number of nitrogens with one attached hydrogen (secondary N) is 1. The molecular formula is C13H15F3N2O3. The summed E-state index contributed by atoms with van der Waals surface area (Å²) in [6.07, 6.45) is -4.22. The van der Waals surface area contributed by atoms with Gasteiger partial charge in [-0.05, 0) is 24.1 Å². The lowest BCUT2D eigenvalue weighted by atomic mass is 9.89. The number of hydrogen-bond donors (Lipinski definition) is 2. The highest BCUT2D eigenvalue weighted by Crippen LogP contribution is 2.33. The van der Waals surface area contributed by atoms with Crippen LogP contribution in [0.4, 0.5) is 13.2 Å². The molecule has 0 saturated carbocycles. The molecule has 116 valence electrons. The fraction of sp³-hybridized carbons (Fsp3) is 0.462. The van der Waals surface area contributed by atoms with Crippen molar-refractivity contribution in [2.24, 2.45) is 0 Å². The highest BCUT2D eigenvalue weighted by molar-refractivity contribution is 5.78. The quantitative estimate of drug-likeness (QED) is 0.873. The third-order valence-electron chi connectivity index (χ3n) is 3.01. The number of amides is 1. The van der Waals surface area contributed by atoms with Crippen LogP contribution in [-0.2, 0) is 15.8 Å². The van der Waals surface area contributed by atoms with Crippen LogP contribution in [0, 0.1) is 6.92 Å². The predicted molar refractivity (Wildman–Crippen MR) is 67.7 cm³/mol. The van der Waals surface area contributed by atoms with Crippen molar-refractivity contribution < 1.29 is 27.9 Å². The average molecular weight is 304 g/mol. The minimum Gasteiger partial charge on any atom is -0.481 e. The number of aliphatic carboxylic acids is 1. The molecule has 1 aromatic rings. The maximum absolute atomic E-state index is 12.7. The van der Waals surface area contributed by atoms with Gasteiger partial charge >= 0.3 is 12.1 Å². The number of carbonyl (C=O) groups excluding carboxylic acids is 1. The molecule has 0 radical (unpaired) electrons. The lowest BCUT2D eigenvalue weighted by Gasteiger charge is -2.18. The van der Waals surface area contributed by atoms with Gasteiger partial charge in [0, 0.05) is 25.6 Å². The van der Waals surface area contributed by atoms with Gasteiger partial charge in [0.15, 0.2) is 0 Å². The summed E-state index contributed by atoms with van der Waals surface area (Å²) in [5.41, 5.74) is -0.517. The molecule has 1 aromatic heterocycles. The first kappa shape index (κ1) is 16.9. The summed E-state index contributed by atoms with van der Waals surface area (Å²) in [5, 5.41) is 11.2. The van der Waals surface area contributed by atoms with E-state index in [0.29, 0.717) is 5.56 Å². The van der Waals surface area contributed by atoms with Crippen LogP contribution in [0.1, 0.15) is 35.6 Å². The molecule has 0 fully saturated rings. The molecule has 1 amide bonds. The lowest BCUT2D eigenvalue weighted by molar-refractivity contribution is -0.141. The van der Waals surface area contributed by atoms with E-state index in [1.807, 2.05) is 0 Å². The van der Waals surface area contributed by atoms with Crippen LogP contribution in [0.3, 0.4) is 0 Å². The van der Waals surface area contributed by atoms with Crippen LogP contribution >= 0.6 is 0 Å². The molecule has 21 heavy (non-hydrogen) atoms. The fourth-order valence-corrected chi connectivity index (χ4v) is 1.96. The molecule has 0 aromatic carbocycles. The van der Waals surface area contributed by atoms with Crippen molar-refractivity contribution in [1.29, 1.82) is 0 Å². The van der Waals surface area contributed by atoms with Gasteiger partial charge in [0.25, 0.3) is 0 Å². The molecule has 1 rings (SSSR count). The summed E-state index contributed by atoms with van der Waals surface area (Å²) in [6.45, 7) is 1.53. The van der Waals surface area contributed by atoms with Gasteiger partial charge in [-0.15, -0.1) is 0 Å². The van der Waals surface area contributed by atoms with Gasteiger partial charge < -0.3 is 10.4 Å². The molecule has 0 spiro atoms. The Morgan fingerprint density at radius 2 is 2.00 bits per heavy atom. The number of nitrogens with zero attached hydrogens (tertiary/aromatic N) is 1. The Bertz CT molecular complexity index is 544. The van der Waals surface area contributed by atoms with Crippen LogP contribution < -0.4 is 5.32 Å². The first-order valence-electron chi connectivity index (χ1n) is 6.11. The van der Waals surface area contributed by atoms with E-state index in [1.54, 1.807) is 0 Å². The van der Waals surface area contributed by atoms with Crippen molar-refractivity contribution in [2.45, 2.75) is 31.9 Å². The lowest BCUT2D eigenvalue weighted by Crippen LogP contribution is -2.22. The zero-order valence-electron chi connectivity index (χ0n) is 11.5. The van der Waals surface area contributed by atoms with Crippen molar-refractivity contribution in [3.63, 3.8) is 0 Å². The smallest absolute Gasteiger partial charge is 0.433 e. The molecule has 0 bridgehead atoms. The van der Waals surface area contributed by atoms with Gasteiger partial charge in [0.05, 0.1) is 6.42 Å². The molecule has 2 N–H and O–H groups in total. The number of aromatic nitrogens is 1. The Balaban J connectivity index is 3.22. The first-order chi connectivity index (χ1) is 9.65. The van der Waals surface area contributed by atoms with E-state index >= 15 is 0 Å². The standard InChI is InChI=1S/C13H15F3N2O3/c1-7-6-18-10(13(14,15)16)5-9(7)8(4-12(20)21)3-11(19)17-2/h5-6,8H,3-4H2,1-2H3,(H,17,19)(H,20,21). The highest BCUT2D eigenvalue weighted by atomic mass is 19.4. The van der Waals surface area contributed by atoms with E-state index in [1.165, 1.54) is 14.0 Å². The number of halogens is 3. The van der Waals surface area contributed by atoms with Crippen LogP contribution in [-0.4, -0.2) is 29.0 Å². The molecule has 0 aliphatic carbocycles. The van der Waals surface area contributed by atoms with E-state index in [-0.39, 0.29) is 12.0 Å². The van der Waals surface area contributed by atoms with Crippen LogP contribution in [0.25, 0.3) is 0 Å². The molecular weight excluding hydrogens is 289 g/mol. The predicted octanol–water partition coefficient (Wildman–Crippen LogP) is 2.10. The number of pyridine rings is 1. The SMILES string of the molecule is CNC(=O)CC(CC(=O)O)c1cc(C(F)(F)F)ncc1C. The van der Waals surface area contributed by atoms with Crippen molar-refractivity contribution in [1.82, 2.24) is 10.3 Å². The third-order valence-corrected chi connectivity index (χ3v) is 3.01. The molecule has 0 saturated heterocycles. The summed E-state index contributed by atoms with van der Waals surface area (Å²) < 4.78 is 38.1. The van der Waals surface area contributed by atoms with Gasteiger partial charge in [-0.1, -0.05) is 0 Å². The number of alkyl halides is 3. The first-order valence-corrected chi connectivity index (χ1v) is 6.11. The maximum atomic E-state index is 12.7. The van der Waals surface area contributed by atoms with E-state index in [4.69, 9.17) is 5.11 Å². The zero-order valence-corrected chi connectivity index (χ0v) is 11.5. The van der Waals surface area contributed by atoms with E-state index < -0.39 is 36.1 Å². The average Bonchev–Trinajstić information content (AvgIpc) is 2.36. The van der Waals surface area contributed by atoms with Gasteiger partial charge in [-0.2, -0.15) is 13.2 Å². The molecule has 5 nitrogen and oxygen atoms in total. The molecule has 0 aliphatic heterocycles. The summed E-state index contributed by atoms with van der Waals surface area (Å²) in [6, 6.07) is 0.811. The minimum absolute atomic E-state index is 0.170. The molecule has 0 aliphatic rings. The number of hydrogen-bond acceptors (Lipinski definition) is 3. The Kier molecular flexibility index (Phi) is 5.28. The summed E-state index contributed by atoms with van der Waals surface area (Å²) in [5.74, 6) is -2.47. The zero-order chi connectivity index (χ0) is 16.2. The minimum atomic E-state index is -4.62. The molecule has 1 unspecified atom stereocenters. The normalized spacial score (nSPS) is 12.8. The topological polar surface area (TPSA) is 79.3 Å². The number of carboxylic acids is 1. The van der Waals surface area contributed by atoms with Crippen molar-refractivity contribution in [3.05, 3.63) is 29.1 Å².